The van der Waals surface area contributed by atoms with Gasteiger partial charge in [-0.3, -0.25) is 0 Å². The molecule has 6 heteroatoms. The van der Waals surface area contributed by atoms with E-state index in [1.807, 2.05) is 12.1 Å². The molecule has 132 valence electrons. The van der Waals surface area contributed by atoms with E-state index < -0.39 is 0 Å². The highest BCUT2D eigenvalue weighted by molar-refractivity contribution is 5.60. The van der Waals surface area contributed by atoms with E-state index in [0.29, 0.717) is 11.6 Å². The highest BCUT2D eigenvalue weighted by atomic mass is 15.0. The number of nitrogens with zero attached hydrogens (tertiary/aromatic N) is 6. The number of hydrogen-bond acceptors (Lipinski definition) is 6. The van der Waals surface area contributed by atoms with Crippen molar-refractivity contribution in [3.05, 3.63) is 84.0 Å². The molecule has 2 heterocycles. The lowest BCUT2D eigenvalue weighted by molar-refractivity contribution is 1.05. The van der Waals surface area contributed by atoms with Crippen molar-refractivity contribution in [1.29, 1.82) is 0 Å². The van der Waals surface area contributed by atoms with Crippen molar-refractivity contribution in [1.82, 2.24) is 29.9 Å². The monoisotopic (exact) mass is 354 g/mol. The summed E-state index contributed by atoms with van der Waals surface area (Å²) in [5, 5.41) is 0. The number of aryl methyl sites for hydroxylation is 2. The topological polar surface area (TPSA) is 77.3 Å². The molecule has 0 aliphatic carbocycles. The Hall–Kier alpha value is -3.54. The summed E-state index contributed by atoms with van der Waals surface area (Å²) in [6.07, 6.45) is 6.89. The molecule has 0 unspecified atom stereocenters. The minimum absolute atomic E-state index is 0.682. The summed E-state index contributed by atoms with van der Waals surface area (Å²) in [7, 11) is 0. The molecule has 0 bridgehead atoms. The lowest BCUT2D eigenvalue weighted by Crippen LogP contribution is -1.98. The zero-order chi connectivity index (χ0) is 18.6. The molecule has 0 aliphatic rings. The van der Waals surface area contributed by atoms with Crippen molar-refractivity contribution in [3.63, 3.8) is 0 Å². The van der Waals surface area contributed by atoms with Crippen LogP contribution in [0.15, 0.2) is 61.7 Å². The summed E-state index contributed by atoms with van der Waals surface area (Å²) < 4.78 is 0. The minimum Gasteiger partial charge on any atom is -0.225 e. The highest BCUT2D eigenvalue weighted by Crippen LogP contribution is 2.25. The molecule has 2 aromatic heterocycles. The van der Waals surface area contributed by atoms with Crippen LogP contribution < -0.4 is 0 Å². The molecule has 2 aromatic carbocycles. The first-order chi connectivity index (χ1) is 13.2. The van der Waals surface area contributed by atoms with E-state index in [9.17, 15) is 0 Å². The summed E-state index contributed by atoms with van der Waals surface area (Å²) in [5.74, 6) is 1.36. The molecule has 0 saturated carbocycles. The minimum atomic E-state index is 0.682. The number of rotatable bonds is 4. The van der Waals surface area contributed by atoms with Gasteiger partial charge in [0, 0.05) is 11.1 Å². The summed E-state index contributed by atoms with van der Waals surface area (Å²) in [6, 6.07) is 12.6. The molecule has 4 rings (SSSR count). The molecule has 0 N–H and O–H groups in total. The largest absolute Gasteiger partial charge is 0.225 e. The van der Waals surface area contributed by atoms with E-state index in [-0.39, 0.29) is 0 Å². The fourth-order valence-corrected chi connectivity index (χ4v) is 2.98. The molecule has 27 heavy (non-hydrogen) atoms. The zero-order valence-electron chi connectivity index (χ0n) is 15.2. The Labute approximate surface area is 157 Å². The van der Waals surface area contributed by atoms with Crippen LogP contribution in [0.2, 0.25) is 0 Å². The Morgan fingerprint density at radius 2 is 1.00 bits per heavy atom. The third kappa shape index (κ3) is 3.69. The molecule has 0 spiro atoms. The zero-order valence-corrected chi connectivity index (χ0v) is 15.2. The normalized spacial score (nSPS) is 10.7. The average molecular weight is 354 g/mol. The second kappa shape index (κ2) is 7.37. The van der Waals surface area contributed by atoms with Gasteiger partial charge < -0.3 is 0 Å². The SMILES string of the molecule is Cc1ccc(-c2ncncn2)cc1Cc1cc(-c2ncncn2)ccc1C. The van der Waals surface area contributed by atoms with Crippen LogP contribution >= 0.6 is 0 Å². The predicted molar refractivity (Wildman–Crippen MR) is 103 cm³/mol. The fraction of sp³-hybridized carbons (Fsp3) is 0.143. The van der Waals surface area contributed by atoms with Gasteiger partial charge in [-0.25, -0.2) is 29.9 Å². The summed E-state index contributed by atoms with van der Waals surface area (Å²) in [5.41, 5.74) is 6.93. The van der Waals surface area contributed by atoms with Crippen molar-refractivity contribution >= 4 is 0 Å². The molecular weight excluding hydrogens is 336 g/mol. The molecule has 4 aromatic rings. The van der Waals surface area contributed by atoms with Gasteiger partial charge in [0.15, 0.2) is 11.6 Å². The number of benzene rings is 2. The van der Waals surface area contributed by atoms with Crippen molar-refractivity contribution in [2.24, 2.45) is 0 Å². The van der Waals surface area contributed by atoms with E-state index in [2.05, 4.69) is 68.0 Å². The van der Waals surface area contributed by atoms with Gasteiger partial charge in [-0.2, -0.15) is 0 Å². The van der Waals surface area contributed by atoms with Crippen LogP contribution in [0.5, 0.6) is 0 Å². The maximum atomic E-state index is 4.25. The van der Waals surface area contributed by atoms with E-state index in [4.69, 9.17) is 0 Å². The van der Waals surface area contributed by atoms with E-state index in [0.717, 1.165) is 17.5 Å². The van der Waals surface area contributed by atoms with Crippen LogP contribution in [0.3, 0.4) is 0 Å². The first-order valence-electron chi connectivity index (χ1n) is 8.64. The maximum absolute atomic E-state index is 4.25. The second-order valence-electron chi connectivity index (χ2n) is 6.38. The summed E-state index contributed by atoms with van der Waals surface area (Å²) in [4.78, 5) is 24.8. The third-order valence-electron chi connectivity index (χ3n) is 4.58. The van der Waals surface area contributed by atoms with Gasteiger partial charge in [-0.15, -0.1) is 0 Å². The molecule has 0 saturated heterocycles. The third-order valence-corrected chi connectivity index (χ3v) is 4.58. The first kappa shape index (κ1) is 16.9. The first-order valence-corrected chi connectivity index (χ1v) is 8.64. The van der Waals surface area contributed by atoms with Gasteiger partial charge in [0.05, 0.1) is 0 Å². The Kier molecular flexibility index (Phi) is 4.61. The van der Waals surface area contributed by atoms with Gasteiger partial charge >= 0.3 is 0 Å². The van der Waals surface area contributed by atoms with Crippen molar-refractivity contribution < 1.29 is 0 Å². The number of aromatic nitrogens is 6. The van der Waals surface area contributed by atoms with Gasteiger partial charge in [0.1, 0.15) is 25.3 Å². The average Bonchev–Trinajstić information content (AvgIpc) is 2.72. The Balaban J connectivity index is 1.70. The van der Waals surface area contributed by atoms with Crippen molar-refractivity contribution in [2.45, 2.75) is 20.3 Å². The summed E-state index contributed by atoms with van der Waals surface area (Å²) >= 11 is 0. The van der Waals surface area contributed by atoms with Crippen LogP contribution in [0.25, 0.3) is 22.8 Å². The van der Waals surface area contributed by atoms with Crippen LogP contribution in [0.1, 0.15) is 22.3 Å². The molecule has 0 amide bonds. The Morgan fingerprint density at radius 3 is 1.41 bits per heavy atom. The van der Waals surface area contributed by atoms with E-state index >= 15 is 0 Å². The summed E-state index contributed by atoms with van der Waals surface area (Å²) in [6.45, 7) is 4.25. The molecule has 0 aliphatic heterocycles. The van der Waals surface area contributed by atoms with E-state index in [1.165, 1.54) is 47.6 Å². The molecule has 0 radical (unpaired) electrons. The fourth-order valence-electron chi connectivity index (χ4n) is 2.98. The molecule has 6 nitrogen and oxygen atoms in total. The molecular formula is C21H18N6. The van der Waals surface area contributed by atoms with Crippen LogP contribution in [-0.2, 0) is 6.42 Å². The lowest BCUT2D eigenvalue weighted by atomic mass is 9.94. The Morgan fingerprint density at radius 1 is 0.593 bits per heavy atom. The van der Waals surface area contributed by atoms with Gasteiger partial charge in [0.2, 0.25) is 0 Å². The van der Waals surface area contributed by atoms with Crippen LogP contribution in [0, 0.1) is 13.8 Å². The smallest absolute Gasteiger partial charge is 0.162 e. The second-order valence-corrected chi connectivity index (χ2v) is 6.38. The quantitative estimate of drug-likeness (QED) is 0.557. The standard InChI is InChI=1S/C21H18N6/c1-14-3-5-16(20-24-10-22-11-25-20)7-18(14)9-19-8-17(6-4-15(19)2)21-26-12-23-13-27-21/h3-8,10-13H,9H2,1-2H3. The molecule has 0 atom stereocenters. The highest BCUT2D eigenvalue weighted by Gasteiger charge is 2.09. The predicted octanol–water partition coefficient (Wildman–Crippen LogP) is 3.60. The number of hydrogen-bond donors (Lipinski definition) is 0. The van der Waals surface area contributed by atoms with Gasteiger partial charge in [-0.05, 0) is 54.7 Å². The maximum Gasteiger partial charge on any atom is 0.162 e. The van der Waals surface area contributed by atoms with Crippen LogP contribution in [-0.4, -0.2) is 29.9 Å². The van der Waals surface area contributed by atoms with Gasteiger partial charge in [-0.1, -0.05) is 24.3 Å². The molecule has 0 fully saturated rings. The van der Waals surface area contributed by atoms with Crippen molar-refractivity contribution in [2.75, 3.05) is 0 Å². The van der Waals surface area contributed by atoms with Crippen molar-refractivity contribution in [3.8, 4) is 22.8 Å². The van der Waals surface area contributed by atoms with Gasteiger partial charge in [0.25, 0.3) is 0 Å². The Bertz CT molecular complexity index is 978. The lowest BCUT2D eigenvalue weighted by Gasteiger charge is -2.12. The van der Waals surface area contributed by atoms with Crippen LogP contribution in [0.4, 0.5) is 0 Å². The van der Waals surface area contributed by atoms with E-state index in [1.54, 1.807) is 0 Å².